The van der Waals surface area contributed by atoms with E-state index in [0.717, 1.165) is 12.1 Å². The van der Waals surface area contributed by atoms with Crippen LogP contribution in [0.4, 0.5) is 10.1 Å². The van der Waals surface area contributed by atoms with E-state index in [1.54, 1.807) is 0 Å². The van der Waals surface area contributed by atoms with Crippen LogP contribution < -0.4 is 10.1 Å². The summed E-state index contributed by atoms with van der Waals surface area (Å²) in [6.45, 7) is 0. The molecule has 0 saturated carbocycles. The third kappa shape index (κ3) is 3.17. The van der Waals surface area contributed by atoms with Gasteiger partial charge < -0.3 is 15.2 Å². The molecule has 0 fully saturated rings. The van der Waals surface area contributed by atoms with E-state index in [1.807, 2.05) is 0 Å². The number of aromatic carboxylic acids is 1. The van der Waals surface area contributed by atoms with E-state index >= 15 is 0 Å². The first-order valence-electron chi connectivity index (χ1n) is 6.00. The molecule has 6 heteroatoms. The molecule has 5 nitrogen and oxygen atoms in total. The van der Waals surface area contributed by atoms with Gasteiger partial charge in [0.15, 0.2) is 0 Å². The summed E-state index contributed by atoms with van der Waals surface area (Å²) in [5.41, 5.74) is 0.172. The van der Waals surface area contributed by atoms with E-state index < -0.39 is 17.7 Å². The number of benzene rings is 2. The molecule has 108 valence electrons. The number of halogens is 1. The smallest absolute Gasteiger partial charge is 0.337 e. The molecule has 0 atom stereocenters. The summed E-state index contributed by atoms with van der Waals surface area (Å²) < 4.78 is 17.9. The van der Waals surface area contributed by atoms with Crippen LogP contribution in [0.5, 0.6) is 5.75 Å². The molecule has 2 N–H and O–H groups in total. The van der Waals surface area contributed by atoms with Gasteiger partial charge in [0.1, 0.15) is 11.6 Å². The first-order valence-corrected chi connectivity index (χ1v) is 6.00. The molecule has 21 heavy (non-hydrogen) atoms. The maximum atomic E-state index is 12.8. The number of carboxylic acid groups (broad SMARTS) is 1. The summed E-state index contributed by atoms with van der Waals surface area (Å²) in [6.07, 6.45) is 0. The minimum absolute atomic E-state index is 0.0572. The normalized spacial score (nSPS) is 10.0. The second kappa shape index (κ2) is 6.04. The van der Waals surface area contributed by atoms with Gasteiger partial charge in [-0.2, -0.15) is 0 Å². The van der Waals surface area contributed by atoms with Gasteiger partial charge in [-0.1, -0.05) is 6.07 Å². The Kier molecular flexibility index (Phi) is 4.18. The highest BCUT2D eigenvalue weighted by molar-refractivity contribution is 6.08. The van der Waals surface area contributed by atoms with E-state index in [1.165, 1.54) is 37.4 Å². The van der Waals surface area contributed by atoms with Crippen molar-refractivity contribution in [1.82, 2.24) is 0 Å². The summed E-state index contributed by atoms with van der Waals surface area (Å²) in [5, 5.41) is 11.6. The zero-order valence-electron chi connectivity index (χ0n) is 11.1. The molecule has 0 aromatic heterocycles. The number of hydrogen-bond donors (Lipinski definition) is 2. The maximum Gasteiger partial charge on any atom is 0.337 e. The minimum atomic E-state index is -1.19. The van der Waals surface area contributed by atoms with E-state index in [9.17, 15) is 14.0 Å². The van der Waals surface area contributed by atoms with E-state index in [-0.39, 0.29) is 22.6 Å². The van der Waals surface area contributed by atoms with E-state index in [0.29, 0.717) is 0 Å². The molecular weight excluding hydrogens is 277 g/mol. The first-order chi connectivity index (χ1) is 10.0. The van der Waals surface area contributed by atoms with Crippen LogP contribution in [0.3, 0.4) is 0 Å². The number of para-hydroxylation sites is 1. The van der Waals surface area contributed by atoms with Crippen LogP contribution in [-0.2, 0) is 0 Å². The highest BCUT2D eigenvalue weighted by Gasteiger charge is 2.17. The third-order valence-corrected chi connectivity index (χ3v) is 2.82. The molecule has 0 radical (unpaired) electrons. The van der Waals surface area contributed by atoms with Crippen molar-refractivity contribution in [2.24, 2.45) is 0 Å². The molecule has 0 aliphatic heterocycles. The topological polar surface area (TPSA) is 75.6 Å². The van der Waals surface area contributed by atoms with Crippen molar-refractivity contribution in [1.29, 1.82) is 0 Å². The molecule has 0 aliphatic rings. The van der Waals surface area contributed by atoms with E-state index in [2.05, 4.69) is 5.32 Å². The Bertz CT molecular complexity index is 683. The fourth-order valence-electron chi connectivity index (χ4n) is 1.80. The predicted octanol–water partition coefficient (Wildman–Crippen LogP) is 2.78. The predicted molar refractivity (Wildman–Crippen MR) is 74.3 cm³/mol. The van der Waals surface area contributed by atoms with Gasteiger partial charge in [0.05, 0.1) is 18.4 Å². The first kappa shape index (κ1) is 14.5. The lowest BCUT2D eigenvalue weighted by Crippen LogP contribution is -2.15. The SMILES string of the molecule is COc1cccc(C(=O)O)c1NC(=O)c1ccc(F)cc1. The molecule has 2 aromatic rings. The Hall–Kier alpha value is -2.89. The molecule has 0 aliphatic carbocycles. The molecular formula is C15H12FNO4. The molecule has 1 amide bonds. The van der Waals surface area contributed by atoms with Crippen LogP contribution in [0.2, 0.25) is 0 Å². The molecule has 0 bridgehead atoms. The second-order valence-corrected chi connectivity index (χ2v) is 4.15. The number of hydrogen-bond acceptors (Lipinski definition) is 3. The van der Waals surface area contributed by atoms with Crippen LogP contribution >= 0.6 is 0 Å². The van der Waals surface area contributed by atoms with Crippen molar-refractivity contribution in [3.63, 3.8) is 0 Å². The lowest BCUT2D eigenvalue weighted by Gasteiger charge is -2.12. The third-order valence-electron chi connectivity index (χ3n) is 2.82. The zero-order valence-corrected chi connectivity index (χ0v) is 11.1. The second-order valence-electron chi connectivity index (χ2n) is 4.15. The average molecular weight is 289 g/mol. The Morgan fingerprint density at radius 2 is 1.81 bits per heavy atom. The van der Waals surface area contributed by atoms with Crippen LogP contribution in [0.15, 0.2) is 42.5 Å². The largest absolute Gasteiger partial charge is 0.495 e. The van der Waals surface area contributed by atoms with Gasteiger partial charge in [-0.25, -0.2) is 9.18 Å². The highest BCUT2D eigenvalue weighted by atomic mass is 19.1. The van der Waals surface area contributed by atoms with Gasteiger partial charge in [0.25, 0.3) is 5.91 Å². The fourth-order valence-corrected chi connectivity index (χ4v) is 1.80. The highest BCUT2D eigenvalue weighted by Crippen LogP contribution is 2.28. The standard InChI is InChI=1S/C15H12FNO4/c1-21-12-4-2-3-11(15(19)20)13(12)17-14(18)9-5-7-10(16)8-6-9/h2-8H,1H3,(H,17,18)(H,19,20). The summed E-state index contributed by atoms with van der Waals surface area (Å²) in [4.78, 5) is 23.3. The van der Waals surface area contributed by atoms with Gasteiger partial charge in [-0.15, -0.1) is 0 Å². The van der Waals surface area contributed by atoms with E-state index in [4.69, 9.17) is 9.84 Å². The van der Waals surface area contributed by atoms with Crippen molar-refractivity contribution in [3.8, 4) is 5.75 Å². The van der Waals surface area contributed by atoms with Crippen LogP contribution in [0, 0.1) is 5.82 Å². The molecule has 0 heterocycles. The van der Waals surface area contributed by atoms with Crippen LogP contribution in [-0.4, -0.2) is 24.1 Å². The van der Waals surface area contributed by atoms with Crippen molar-refractivity contribution in [3.05, 3.63) is 59.4 Å². The van der Waals surface area contributed by atoms with Crippen molar-refractivity contribution < 1.29 is 23.8 Å². The summed E-state index contributed by atoms with van der Waals surface area (Å²) in [5.74, 6) is -1.98. The number of carboxylic acids is 1. The Labute approximate surface area is 120 Å². The number of nitrogens with one attached hydrogen (secondary N) is 1. The number of amides is 1. The maximum absolute atomic E-state index is 12.8. The quantitative estimate of drug-likeness (QED) is 0.907. The van der Waals surface area contributed by atoms with Crippen molar-refractivity contribution in [2.45, 2.75) is 0 Å². The van der Waals surface area contributed by atoms with Crippen LogP contribution in [0.1, 0.15) is 20.7 Å². The molecule has 2 rings (SSSR count). The van der Waals surface area contributed by atoms with Crippen molar-refractivity contribution in [2.75, 3.05) is 12.4 Å². The van der Waals surface area contributed by atoms with Gasteiger partial charge in [-0.05, 0) is 36.4 Å². The van der Waals surface area contributed by atoms with Crippen LogP contribution in [0.25, 0.3) is 0 Å². The fraction of sp³-hybridized carbons (Fsp3) is 0.0667. The molecule has 2 aromatic carbocycles. The Morgan fingerprint density at radius 3 is 2.38 bits per heavy atom. The Morgan fingerprint density at radius 1 is 1.14 bits per heavy atom. The monoisotopic (exact) mass is 289 g/mol. The number of rotatable bonds is 4. The summed E-state index contributed by atoms with van der Waals surface area (Å²) in [6, 6.07) is 9.30. The van der Waals surface area contributed by atoms with Gasteiger partial charge >= 0.3 is 5.97 Å². The molecule has 0 saturated heterocycles. The number of carbonyl (C=O) groups excluding carboxylic acids is 1. The molecule has 0 unspecified atom stereocenters. The molecule has 0 spiro atoms. The number of ether oxygens (including phenoxy) is 1. The zero-order chi connectivity index (χ0) is 15.4. The number of carbonyl (C=O) groups is 2. The lowest BCUT2D eigenvalue weighted by atomic mass is 10.1. The minimum Gasteiger partial charge on any atom is -0.495 e. The Balaban J connectivity index is 2.36. The number of methoxy groups -OCH3 is 1. The average Bonchev–Trinajstić information content (AvgIpc) is 2.47. The van der Waals surface area contributed by atoms with Crippen molar-refractivity contribution >= 4 is 17.6 Å². The number of anilines is 1. The lowest BCUT2D eigenvalue weighted by molar-refractivity contribution is 0.0697. The van der Waals surface area contributed by atoms with Gasteiger partial charge in [0, 0.05) is 5.56 Å². The summed E-state index contributed by atoms with van der Waals surface area (Å²) in [7, 11) is 1.37. The van der Waals surface area contributed by atoms with Gasteiger partial charge in [0.2, 0.25) is 0 Å². The summed E-state index contributed by atoms with van der Waals surface area (Å²) >= 11 is 0. The van der Waals surface area contributed by atoms with Gasteiger partial charge in [-0.3, -0.25) is 4.79 Å².